The largest absolute Gasteiger partial charge is 0.484 e. The predicted molar refractivity (Wildman–Crippen MR) is 51.6 cm³/mol. The van der Waals surface area contributed by atoms with Crippen LogP contribution in [0.5, 0.6) is 5.75 Å². The fourth-order valence-corrected chi connectivity index (χ4v) is 1.45. The van der Waals surface area contributed by atoms with Crippen molar-refractivity contribution in [3.8, 4) is 5.75 Å². The number of benzene rings is 1. The van der Waals surface area contributed by atoms with Crippen molar-refractivity contribution in [1.29, 1.82) is 0 Å². The number of carboxylic acids is 1. The highest BCUT2D eigenvalue weighted by molar-refractivity contribution is 5.87. The number of aromatic carboxylic acids is 1. The second kappa shape index (κ2) is 4.08. The SMILES string of the molecule is O=C(O)c1cc(F)c(OC2CCC2)c(F)c1. The summed E-state index contributed by atoms with van der Waals surface area (Å²) < 4.78 is 31.8. The lowest BCUT2D eigenvalue weighted by molar-refractivity contribution is 0.0694. The molecule has 1 N–H and O–H groups in total. The van der Waals surface area contributed by atoms with Crippen LogP contribution in [-0.4, -0.2) is 17.2 Å². The molecular formula is C11H10F2O3. The third-order valence-electron chi connectivity index (χ3n) is 2.58. The second-order valence-corrected chi connectivity index (χ2v) is 3.74. The van der Waals surface area contributed by atoms with E-state index in [2.05, 4.69) is 0 Å². The van der Waals surface area contributed by atoms with E-state index in [1.165, 1.54) is 0 Å². The molecule has 0 bridgehead atoms. The minimum Gasteiger partial charge on any atom is -0.484 e. The lowest BCUT2D eigenvalue weighted by Gasteiger charge is -2.26. The Morgan fingerprint density at radius 2 is 1.88 bits per heavy atom. The standard InChI is InChI=1S/C11H10F2O3/c12-8-4-6(11(14)15)5-9(13)10(8)16-7-2-1-3-7/h4-5,7H,1-3H2,(H,14,15). The summed E-state index contributed by atoms with van der Waals surface area (Å²) in [7, 11) is 0. The number of rotatable bonds is 3. The van der Waals surface area contributed by atoms with E-state index < -0.39 is 28.9 Å². The molecule has 1 aromatic rings. The lowest BCUT2D eigenvalue weighted by Crippen LogP contribution is -2.25. The van der Waals surface area contributed by atoms with Gasteiger partial charge in [0.05, 0.1) is 11.7 Å². The molecule has 0 unspecified atom stereocenters. The van der Waals surface area contributed by atoms with Crippen LogP contribution in [0.4, 0.5) is 8.78 Å². The van der Waals surface area contributed by atoms with Crippen LogP contribution in [0.3, 0.4) is 0 Å². The number of carbonyl (C=O) groups is 1. The van der Waals surface area contributed by atoms with Gasteiger partial charge in [0.15, 0.2) is 17.4 Å². The fourth-order valence-electron chi connectivity index (χ4n) is 1.45. The van der Waals surface area contributed by atoms with Crippen molar-refractivity contribution < 1.29 is 23.4 Å². The number of hydrogen-bond donors (Lipinski definition) is 1. The Labute approximate surface area is 90.7 Å². The van der Waals surface area contributed by atoms with Crippen LogP contribution in [-0.2, 0) is 0 Å². The maximum absolute atomic E-state index is 13.4. The van der Waals surface area contributed by atoms with Crippen LogP contribution in [0.25, 0.3) is 0 Å². The average molecular weight is 228 g/mol. The summed E-state index contributed by atoms with van der Waals surface area (Å²) in [6.07, 6.45) is 2.39. The van der Waals surface area contributed by atoms with Crippen molar-refractivity contribution >= 4 is 5.97 Å². The van der Waals surface area contributed by atoms with Crippen LogP contribution in [0.1, 0.15) is 29.6 Å². The van der Waals surface area contributed by atoms with Crippen LogP contribution >= 0.6 is 0 Å². The molecule has 1 aliphatic carbocycles. The van der Waals surface area contributed by atoms with E-state index >= 15 is 0 Å². The summed E-state index contributed by atoms with van der Waals surface area (Å²) in [4.78, 5) is 10.5. The van der Waals surface area contributed by atoms with Crippen molar-refractivity contribution in [1.82, 2.24) is 0 Å². The van der Waals surface area contributed by atoms with Crippen LogP contribution in [0, 0.1) is 11.6 Å². The molecular weight excluding hydrogens is 218 g/mol. The Morgan fingerprint density at radius 3 is 2.25 bits per heavy atom. The maximum atomic E-state index is 13.4. The van der Waals surface area contributed by atoms with E-state index in [1.807, 2.05) is 0 Å². The fraction of sp³-hybridized carbons (Fsp3) is 0.364. The van der Waals surface area contributed by atoms with Crippen molar-refractivity contribution in [2.24, 2.45) is 0 Å². The molecule has 0 spiro atoms. The molecule has 0 saturated heterocycles. The van der Waals surface area contributed by atoms with Gasteiger partial charge in [-0.15, -0.1) is 0 Å². The van der Waals surface area contributed by atoms with E-state index in [1.54, 1.807) is 0 Å². The Hall–Kier alpha value is -1.65. The van der Waals surface area contributed by atoms with Crippen molar-refractivity contribution in [2.75, 3.05) is 0 Å². The Bertz CT molecular complexity index is 404. The van der Waals surface area contributed by atoms with Crippen LogP contribution in [0.15, 0.2) is 12.1 Å². The minimum absolute atomic E-state index is 0.153. The first-order valence-electron chi connectivity index (χ1n) is 4.97. The van der Waals surface area contributed by atoms with E-state index in [4.69, 9.17) is 9.84 Å². The third-order valence-corrected chi connectivity index (χ3v) is 2.58. The first-order chi connectivity index (χ1) is 7.58. The summed E-state index contributed by atoms with van der Waals surface area (Å²) >= 11 is 0. The van der Waals surface area contributed by atoms with E-state index in [0.29, 0.717) is 0 Å². The molecule has 86 valence electrons. The Morgan fingerprint density at radius 1 is 1.31 bits per heavy atom. The van der Waals surface area contributed by atoms with Gasteiger partial charge in [-0.05, 0) is 31.4 Å². The van der Waals surface area contributed by atoms with Gasteiger partial charge in [-0.1, -0.05) is 0 Å². The number of carboxylic acid groups (broad SMARTS) is 1. The first-order valence-corrected chi connectivity index (χ1v) is 4.97. The van der Waals surface area contributed by atoms with Gasteiger partial charge in [-0.25, -0.2) is 13.6 Å². The van der Waals surface area contributed by atoms with Gasteiger partial charge in [0, 0.05) is 0 Å². The number of ether oxygens (including phenoxy) is 1. The summed E-state index contributed by atoms with van der Waals surface area (Å²) in [5.41, 5.74) is -0.420. The Kier molecular flexibility index (Phi) is 2.77. The van der Waals surface area contributed by atoms with Crippen LogP contribution in [0.2, 0.25) is 0 Å². The summed E-state index contributed by atoms with van der Waals surface area (Å²) in [6, 6.07) is 1.53. The average Bonchev–Trinajstić information content (AvgIpc) is 2.13. The molecule has 0 radical (unpaired) electrons. The molecule has 1 aromatic carbocycles. The molecule has 5 heteroatoms. The smallest absolute Gasteiger partial charge is 0.335 e. The highest BCUT2D eigenvalue weighted by Gasteiger charge is 2.23. The molecule has 0 heterocycles. The normalized spacial score (nSPS) is 15.6. The van der Waals surface area contributed by atoms with Gasteiger partial charge in [0.2, 0.25) is 0 Å². The lowest BCUT2D eigenvalue weighted by atomic mass is 9.96. The zero-order chi connectivity index (χ0) is 11.7. The molecule has 1 fully saturated rings. The summed E-state index contributed by atoms with van der Waals surface area (Å²) in [5.74, 6) is -3.78. The van der Waals surface area contributed by atoms with Gasteiger partial charge in [-0.3, -0.25) is 0 Å². The molecule has 0 amide bonds. The topological polar surface area (TPSA) is 46.5 Å². The van der Waals surface area contributed by atoms with E-state index in [-0.39, 0.29) is 6.10 Å². The van der Waals surface area contributed by atoms with E-state index in [9.17, 15) is 13.6 Å². The molecule has 2 rings (SSSR count). The van der Waals surface area contributed by atoms with Gasteiger partial charge in [0.25, 0.3) is 0 Å². The number of halogens is 2. The van der Waals surface area contributed by atoms with Gasteiger partial charge in [-0.2, -0.15) is 0 Å². The summed E-state index contributed by atoms with van der Waals surface area (Å²) in [6.45, 7) is 0. The van der Waals surface area contributed by atoms with Crippen molar-refractivity contribution in [2.45, 2.75) is 25.4 Å². The highest BCUT2D eigenvalue weighted by atomic mass is 19.1. The molecule has 3 nitrogen and oxygen atoms in total. The summed E-state index contributed by atoms with van der Waals surface area (Å²) in [5, 5.41) is 8.59. The first kappa shape index (κ1) is 10.9. The molecule has 1 saturated carbocycles. The highest BCUT2D eigenvalue weighted by Crippen LogP contribution is 2.29. The van der Waals surface area contributed by atoms with Crippen molar-refractivity contribution in [3.63, 3.8) is 0 Å². The zero-order valence-corrected chi connectivity index (χ0v) is 8.37. The zero-order valence-electron chi connectivity index (χ0n) is 8.37. The third kappa shape index (κ3) is 1.98. The number of hydrogen-bond acceptors (Lipinski definition) is 2. The minimum atomic E-state index is -1.37. The van der Waals surface area contributed by atoms with E-state index in [0.717, 1.165) is 31.4 Å². The quantitative estimate of drug-likeness (QED) is 0.864. The molecule has 0 atom stereocenters. The Balaban J connectivity index is 2.27. The van der Waals surface area contributed by atoms with Crippen molar-refractivity contribution in [3.05, 3.63) is 29.3 Å². The molecule has 0 aliphatic heterocycles. The molecule has 0 aromatic heterocycles. The van der Waals surface area contributed by atoms with Gasteiger partial charge < -0.3 is 9.84 Å². The molecule has 16 heavy (non-hydrogen) atoms. The second-order valence-electron chi connectivity index (χ2n) is 3.74. The molecule has 1 aliphatic rings. The monoisotopic (exact) mass is 228 g/mol. The van der Waals surface area contributed by atoms with Gasteiger partial charge in [0.1, 0.15) is 0 Å². The van der Waals surface area contributed by atoms with Crippen LogP contribution < -0.4 is 4.74 Å². The van der Waals surface area contributed by atoms with Gasteiger partial charge >= 0.3 is 5.97 Å². The maximum Gasteiger partial charge on any atom is 0.335 e. The predicted octanol–water partition coefficient (Wildman–Crippen LogP) is 2.59.